The molecule has 84 valence electrons. The van der Waals surface area contributed by atoms with E-state index in [0.29, 0.717) is 0 Å². The van der Waals surface area contributed by atoms with E-state index in [-0.39, 0.29) is 0 Å². The fourth-order valence-electron chi connectivity index (χ4n) is 1.24. The zero-order chi connectivity index (χ0) is 11.6. The molecule has 0 fully saturated rings. The molecule has 0 amide bonds. The summed E-state index contributed by atoms with van der Waals surface area (Å²) >= 11 is 0. The Hall–Kier alpha value is -1.70. The van der Waals surface area contributed by atoms with Crippen LogP contribution >= 0.6 is 0 Å². The monoisotopic (exact) mass is 214 g/mol. The summed E-state index contributed by atoms with van der Waals surface area (Å²) in [6.45, 7) is 4.25. The van der Waals surface area contributed by atoms with E-state index in [1.807, 2.05) is 18.2 Å². The predicted octanol–water partition coefficient (Wildman–Crippen LogP) is 3.29. The Bertz CT molecular complexity index is 339. The van der Waals surface area contributed by atoms with Gasteiger partial charge in [-0.25, -0.2) is 0 Å². The van der Waals surface area contributed by atoms with Gasteiger partial charge in [0, 0.05) is 23.8 Å². The number of hydrogen-bond acceptors (Lipinski definition) is 2. The quantitative estimate of drug-likeness (QED) is 0.766. The summed E-state index contributed by atoms with van der Waals surface area (Å²) < 4.78 is 0. The lowest BCUT2D eigenvalue weighted by Gasteiger charge is -1.97. The number of aromatic nitrogens is 2. The summed E-state index contributed by atoms with van der Waals surface area (Å²) in [6.07, 6.45) is 5.57. The smallest absolute Gasteiger partial charge is 0.0404 e. The van der Waals surface area contributed by atoms with Crippen molar-refractivity contribution in [3.8, 4) is 0 Å². The normalized spacial score (nSPS) is 9.12. The van der Waals surface area contributed by atoms with Crippen LogP contribution in [0.2, 0.25) is 0 Å². The van der Waals surface area contributed by atoms with Crippen LogP contribution in [0.5, 0.6) is 0 Å². The van der Waals surface area contributed by atoms with E-state index in [0.717, 1.165) is 12.8 Å². The summed E-state index contributed by atoms with van der Waals surface area (Å²) in [5, 5.41) is 0. The molecule has 2 heterocycles. The van der Waals surface area contributed by atoms with Crippen LogP contribution in [0.3, 0.4) is 0 Å². The van der Waals surface area contributed by atoms with Gasteiger partial charge in [0.15, 0.2) is 0 Å². The van der Waals surface area contributed by atoms with Crippen molar-refractivity contribution >= 4 is 0 Å². The number of rotatable bonds is 2. The van der Waals surface area contributed by atoms with Crippen LogP contribution in [-0.4, -0.2) is 9.97 Å². The first-order valence-corrected chi connectivity index (χ1v) is 5.66. The Morgan fingerprint density at radius 1 is 0.812 bits per heavy atom. The molecule has 2 nitrogen and oxygen atoms in total. The Balaban J connectivity index is 0.000000181. The summed E-state index contributed by atoms with van der Waals surface area (Å²) in [4.78, 5) is 8.19. The van der Waals surface area contributed by atoms with Crippen molar-refractivity contribution in [1.82, 2.24) is 9.97 Å². The minimum atomic E-state index is 1.04. The van der Waals surface area contributed by atoms with Crippen LogP contribution in [0.4, 0.5) is 0 Å². The summed E-state index contributed by atoms with van der Waals surface area (Å²) in [5.74, 6) is 0. The summed E-state index contributed by atoms with van der Waals surface area (Å²) in [5.41, 5.74) is 2.39. The van der Waals surface area contributed by atoms with Crippen molar-refractivity contribution < 1.29 is 0 Å². The molecule has 2 rings (SSSR count). The first-order chi connectivity index (χ1) is 7.86. The van der Waals surface area contributed by atoms with Crippen molar-refractivity contribution in [1.29, 1.82) is 0 Å². The van der Waals surface area contributed by atoms with Gasteiger partial charge < -0.3 is 0 Å². The van der Waals surface area contributed by atoms with Crippen molar-refractivity contribution in [3.63, 3.8) is 0 Å². The fraction of sp³-hybridized carbons (Fsp3) is 0.286. The molecule has 0 aromatic carbocycles. The highest BCUT2D eigenvalue weighted by Crippen LogP contribution is 1.99. The van der Waals surface area contributed by atoms with E-state index >= 15 is 0 Å². The lowest BCUT2D eigenvalue weighted by molar-refractivity contribution is 0.955. The highest BCUT2D eigenvalue weighted by atomic mass is 14.7. The maximum Gasteiger partial charge on any atom is 0.0404 e. The molecule has 0 saturated carbocycles. The number of hydrogen-bond donors (Lipinski definition) is 0. The molecule has 0 saturated heterocycles. The van der Waals surface area contributed by atoms with Crippen LogP contribution in [0, 0.1) is 0 Å². The van der Waals surface area contributed by atoms with Gasteiger partial charge in [-0.1, -0.05) is 26.0 Å². The molecule has 0 aliphatic carbocycles. The van der Waals surface area contributed by atoms with Gasteiger partial charge in [0.2, 0.25) is 0 Å². The Morgan fingerprint density at radius 3 is 1.69 bits per heavy atom. The number of pyridine rings is 2. The molecule has 0 atom stereocenters. The van der Waals surface area contributed by atoms with Crippen LogP contribution in [0.15, 0.2) is 48.8 Å². The van der Waals surface area contributed by atoms with Gasteiger partial charge in [-0.2, -0.15) is 0 Å². The highest BCUT2D eigenvalue weighted by molar-refractivity contribution is 5.10. The van der Waals surface area contributed by atoms with Crippen LogP contribution in [0.25, 0.3) is 0 Å². The molecule has 0 unspecified atom stereocenters. The fourth-order valence-corrected chi connectivity index (χ4v) is 1.24. The topological polar surface area (TPSA) is 25.8 Å². The minimum Gasteiger partial charge on any atom is -0.265 e. The molecule has 2 aromatic rings. The Kier molecular flexibility index (Phi) is 5.86. The summed E-state index contributed by atoms with van der Waals surface area (Å²) in [7, 11) is 0. The lowest BCUT2D eigenvalue weighted by Crippen LogP contribution is -1.91. The molecule has 16 heavy (non-hydrogen) atoms. The number of aryl methyl sites for hydroxylation is 2. The molecule has 0 N–H and O–H groups in total. The predicted molar refractivity (Wildman–Crippen MR) is 67.2 cm³/mol. The zero-order valence-electron chi connectivity index (χ0n) is 9.93. The molecule has 0 aliphatic heterocycles. The van der Waals surface area contributed by atoms with E-state index < -0.39 is 0 Å². The van der Waals surface area contributed by atoms with Crippen LogP contribution < -0.4 is 0 Å². The molecule has 0 spiro atoms. The van der Waals surface area contributed by atoms with E-state index in [1.54, 1.807) is 12.4 Å². The molecular weight excluding hydrogens is 196 g/mol. The number of nitrogens with zero attached hydrogens (tertiary/aromatic N) is 2. The van der Waals surface area contributed by atoms with Gasteiger partial charge in [-0.3, -0.25) is 9.97 Å². The highest BCUT2D eigenvalue weighted by Gasteiger charge is 1.91. The van der Waals surface area contributed by atoms with E-state index in [1.165, 1.54) is 11.4 Å². The average molecular weight is 214 g/mol. The van der Waals surface area contributed by atoms with Gasteiger partial charge in [-0.15, -0.1) is 0 Å². The van der Waals surface area contributed by atoms with Crippen molar-refractivity contribution in [3.05, 3.63) is 60.2 Å². The Labute approximate surface area is 97.4 Å². The minimum absolute atomic E-state index is 1.04. The van der Waals surface area contributed by atoms with Gasteiger partial charge >= 0.3 is 0 Å². The largest absolute Gasteiger partial charge is 0.265 e. The molecule has 2 heteroatoms. The summed E-state index contributed by atoms with van der Waals surface area (Å²) in [6, 6.07) is 11.9. The average Bonchev–Trinajstić information content (AvgIpc) is 2.41. The molecular formula is C14H18N2. The zero-order valence-corrected chi connectivity index (χ0v) is 9.93. The second-order valence-corrected chi connectivity index (χ2v) is 3.35. The SMILES string of the molecule is CCc1cccc(CC)n1.c1ccncc1. The maximum atomic E-state index is 4.41. The van der Waals surface area contributed by atoms with Gasteiger partial charge in [0.25, 0.3) is 0 Å². The standard InChI is InChI=1S/C9H13N.C5H5N/c1-3-8-6-5-7-9(4-2)10-8;1-2-4-6-5-3-1/h5-7H,3-4H2,1-2H3;1-5H. The van der Waals surface area contributed by atoms with Crippen molar-refractivity contribution in [2.75, 3.05) is 0 Å². The Morgan fingerprint density at radius 2 is 1.38 bits per heavy atom. The molecule has 0 radical (unpaired) electrons. The first kappa shape index (κ1) is 12.4. The van der Waals surface area contributed by atoms with Gasteiger partial charge in [0.1, 0.15) is 0 Å². The van der Waals surface area contributed by atoms with E-state index in [9.17, 15) is 0 Å². The maximum absolute atomic E-state index is 4.41. The van der Waals surface area contributed by atoms with E-state index in [4.69, 9.17) is 0 Å². The van der Waals surface area contributed by atoms with E-state index in [2.05, 4.69) is 42.0 Å². The second kappa shape index (κ2) is 7.57. The third kappa shape index (κ3) is 4.69. The second-order valence-electron chi connectivity index (χ2n) is 3.35. The first-order valence-electron chi connectivity index (χ1n) is 5.66. The van der Waals surface area contributed by atoms with Gasteiger partial charge in [0.05, 0.1) is 0 Å². The van der Waals surface area contributed by atoms with Crippen LogP contribution in [0.1, 0.15) is 25.2 Å². The molecule has 0 bridgehead atoms. The lowest BCUT2D eigenvalue weighted by atomic mass is 10.2. The molecule has 0 aliphatic rings. The van der Waals surface area contributed by atoms with Gasteiger partial charge in [-0.05, 0) is 37.1 Å². The third-order valence-electron chi connectivity index (χ3n) is 2.16. The van der Waals surface area contributed by atoms with Crippen molar-refractivity contribution in [2.24, 2.45) is 0 Å². The third-order valence-corrected chi connectivity index (χ3v) is 2.16. The molecule has 2 aromatic heterocycles. The van der Waals surface area contributed by atoms with Crippen molar-refractivity contribution in [2.45, 2.75) is 26.7 Å². The van der Waals surface area contributed by atoms with Crippen LogP contribution in [-0.2, 0) is 12.8 Å².